The number of nitrogens with two attached hydrogens (primary N) is 1. The molecule has 0 radical (unpaired) electrons. The summed E-state index contributed by atoms with van der Waals surface area (Å²) in [5.74, 6) is -2.60. The molecule has 3 N–H and O–H groups in total. The second-order valence-corrected chi connectivity index (χ2v) is 7.47. The molecule has 1 unspecified atom stereocenters. The highest BCUT2D eigenvalue weighted by Gasteiger charge is 2.38. The molecule has 9 heteroatoms. The number of amides is 1. The third-order valence-corrected chi connectivity index (χ3v) is 4.06. The van der Waals surface area contributed by atoms with Crippen LogP contribution in [0.15, 0.2) is 41.0 Å². The van der Waals surface area contributed by atoms with Gasteiger partial charge in [-0.2, -0.15) is 5.26 Å². The predicted molar refractivity (Wildman–Crippen MR) is 106 cm³/mol. The second-order valence-electron chi connectivity index (χ2n) is 7.47. The molecule has 30 heavy (non-hydrogen) atoms. The first-order chi connectivity index (χ1) is 14.0. The molecule has 0 saturated carbocycles. The van der Waals surface area contributed by atoms with Crippen molar-refractivity contribution in [1.29, 1.82) is 5.26 Å². The lowest BCUT2D eigenvalue weighted by Crippen LogP contribution is -2.29. The smallest absolute Gasteiger partial charge is 0.412 e. The fraction of sp³-hybridized carbons (Fsp3) is 0.381. The standard InChI is InChI=1S/C21H24FN3O5/c1-6-28-19(26)16-11(2)29-18(24)14(10-23)17(16)13-9-12(22)7-8-15(13)25-20(27)30-21(3,4)5/h7-9,17H,6,24H2,1-5H3,(H,25,27). The van der Waals surface area contributed by atoms with E-state index in [1.165, 1.54) is 13.0 Å². The summed E-state index contributed by atoms with van der Waals surface area (Å²) in [6, 6.07) is 5.47. The zero-order valence-electron chi connectivity index (χ0n) is 17.5. The van der Waals surface area contributed by atoms with Crippen molar-refractivity contribution >= 4 is 17.7 Å². The van der Waals surface area contributed by atoms with Crippen LogP contribution in [0.2, 0.25) is 0 Å². The van der Waals surface area contributed by atoms with E-state index >= 15 is 0 Å². The Bertz CT molecular complexity index is 970. The van der Waals surface area contributed by atoms with Gasteiger partial charge in [0.25, 0.3) is 0 Å². The fourth-order valence-corrected chi connectivity index (χ4v) is 2.97. The number of hydrogen-bond acceptors (Lipinski definition) is 7. The van der Waals surface area contributed by atoms with Gasteiger partial charge in [0.05, 0.1) is 18.1 Å². The Morgan fingerprint density at radius 3 is 2.60 bits per heavy atom. The largest absolute Gasteiger partial charge is 0.463 e. The summed E-state index contributed by atoms with van der Waals surface area (Å²) in [6.07, 6.45) is -0.781. The van der Waals surface area contributed by atoms with Crippen molar-refractivity contribution in [3.05, 3.63) is 52.4 Å². The molecule has 1 aromatic rings. The van der Waals surface area contributed by atoms with Gasteiger partial charge in [-0.05, 0) is 58.4 Å². The second kappa shape index (κ2) is 8.86. The highest BCUT2D eigenvalue weighted by Crippen LogP contribution is 2.42. The van der Waals surface area contributed by atoms with Crippen molar-refractivity contribution in [3.63, 3.8) is 0 Å². The number of nitriles is 1. The van der Waals surface area contributed by atoms with Crippen molar-refractivity contribution in [2.24, 2.45) is 5.73 Å². The minimum Gasteiger partial charge on any atom is -0.463 e. The lowest BCUT2D eigenvalue weighted by molar-refractivity contribution is -0.139. The Kier molecular flexibility index (Phi) is 6.72. The van der Waals surface area contributed by atoms with E-state index in [2.05, 4.69) is 5.32 Å². The molecular formula is C21H24FN3O5. The van der Waals surface area contributed by atoms with Gasteiger partial charge < -0.3 is 19.9 Å². The number of carbonyl (C=O) groups excluding carboxylic acids is 2. The van der Waals surface area contributed by atoms with Gasteiger partial charge in [0.15, 0.2) is 0 Å². The van der Waals surface area contributed by atoms with Crippen LogP contribution >= 0.6 is 0 Å². The maximum atomic E-state index is 14.2. The van der Waals surface area contributed by atoms with E-state index in [9.17, 15) is 19.2 Å². The number of hydrogen-bond donors (Lipinski definition) is 2. The number of carbonyl (C=O) groups is 2. The van der Waals surface area contributed by atoms with Gasteiger partial charge in [0.2, 0.25) is 5.88 Å². The molecule has 0 aliphatic carbocycles. The zero-order chi connectivity index (χ0) is 22.6. The first-order valence-corrected chi connectivity index (χ1v) is 9.23. The third-order valence-electron chi connectivity index (χ3n) is 4.06. The van der Waals surface area contributed by atoms with Crippen LogP contribution in [0.4, 0.5) is 14.9 Å². The Morgan fingerprint density at radius 1 is 1.37 bits per heavy atom. The van der Waals surface area contributed by atoms with Gasteiger partial charge in [-0.1, -0.05) is 0 Å². The van der Waals surface area contributed by atoms with E-state index in [1.807, 2.05) is 6.07 Å². The number of nitrogens with one attached hydrogen (secondary N) is 1. The highest BCUT2D eigenvalue weighted by atomic mass is 19.1. The average Bonchev–Trinajstić information content (AvgIpc) is 2.61. The number of esters is 1. The number of allylic oxidation sites excluding steroid dienone is 2. The minimum absolute atomic E-state index is 0.0135. The molecule has 0 saturated heterocycles. The summed E-state index contributed by atoms with van der Waals surface area (Å²) in [6.45, 7) is 8.27. The maximum absolute atomic E-state index is 14.2. The first kappa shape index (κ1) is 22.7. The van der Waals surface area contributed by atoms with Crippen molar-refractivity contribution in [2.45, 2.75) is 46.1 Å². The van der Waals surface area contributed by atoms with Gasteiger partial charge in [-0.15, -0.1) is 0 Å². The van der Waals surface area contributed by atoms with Crippen LogP contribution in [0.5, 0.6) is 0 Å². The minimum atomic E-state index is -1.11. The highest BCUT2D eigenvalue weighted by molar-refractivity contribution is 5.94. The summed E-state index contributed by atoms with van der Waals surface area (Å²) >= 11 is 0. The normalized spacial score (nSPS) is 16.5. The van der Waals surface area contributed by atoms with E-state index in [-0.39, 0.29) is 40.6 Å². The van der Waals surface area contributed by atoms with Crippen LogP contribution in [-0.4, -0.2) is 24.3 Å². The van der Waals surface area contributed by atoms with Crippen LogP contribution in [0.1, 0.15) is 46.1 Å². The fourth-order valence-electron chi connectivity index (χ4n) is 2.97. The van der Waals surface area contributed by atoms with Gasteiger partial charge in [-0.25, -0.2) is 14.0 Å². The molecular weight excluding hydrogens is 393 g/mol. The Hall–Kier alpha value is -3.54. The quantitative estimate of drug-likeness (QED) is 0.714. The van der Waals surface area contributed by atoms with Crippen LogP contribution in [0.3, 0.4) is 0 Å². The summed E-state index contributed by atoms with van der Waals surface area (Å²) in [5, 5.41) is 12.2. The summed E-state index contributed by atoms with van der Waals surface area (Å²) < 4.78 is 29.9. The predicted octanol–water partition coefficient (Wildman–Crippen LogP) is 3.82. The molecule has 1 amide bonds. The first-order valence-electron chi connectivity index (χ1n) is 9.23. The number of halogens is 1. The SMILES string of the molecule is CCOC(=O)C1=C(C)OC(N)=C(C#N)C1c1cc(F)ccc1NC(=O)OC(C)(C)C. The summed E-state index contributed by atoms with van der Waals surface area (Å²) in [4.78, 5) is 24.9. The van der Waals surface area contributed by atoms with Crippen molar-refractivity contribution < 1.29 is 28.2 Å². The van der Waals surface area contributed by atoms with Crippen molar-refractivity contribution in [1.82, 2.24) is 0 Å². The van der Waals surface area contributed by atoms with Gasteiger partial charge in [-0.3, -0.25) is 5.32 Å². The molecule has 0 aromatic heterocycles. The molecule has 8 nitrogen and oxygen atoms in total. The van der Waals surface area contributed by atoms with E-state index in [4.69, 9.17) is 19.9 Å². The van der Waals surface area contributed by atoms with Crippen LogP contribution in [-0.2, 0) is 19.0 Å². The molecule has 0 spiro atoms. The molecule has 1 aliphatic rings. The van der Waals surface area contributed by atoms with E-state index in [0.29, 0.717) is 0 Å². The average molecular weight is 417 g/mol. The molecule has 1 atom stereocenters. The lowest BCUT2D eigenvalue weighted by atomic mass is 9.82. The molecule has 0 bridgehead atoms. The third kappa shape index (κ3) is 5.08. The monoisotopic (exact) mass is 417 g/mol. The Balaban J connectivity index is 2.63. The Morgan fingerprint density at radius 2 is 2.03 bits per heavy atom. The van der Waals surface area contributed by atoms with Crippen molar-refractivity contribution in [2.75, 3.05) is 11.9 Å². The molecule has 160 valence electrons. The van der Waals surface area contributed by atoms with E-state index in [0.717, 1.165) is 12.1 Å². The number of benzene rings is 1. The van der Waals surface area contributed by atoms with Gasteiger partial charge >= 0.3 is 12.1 Å². The van der Waals surface area contributed by atoms with Crippen LogP contribution < -0.4 is 11.1 Å². The number of nitrogens with zero attached hydrogens (tertiary/aromatic N) is 1. The van der Waals surface area contributed by atoms with Crippen LogP contribution in [0, 0.1) is 17.1 Å². The van der Waals surface area contributed by atoms with Gasteiger partial charge in [0.1, 0.15) is 28.8 Å². The van der Waals surface area contributed by atoms with E-state index in [1.54, 1.807) is 27.7 Å². The zero-order valence-corrected chi connectivity index (χ0v) is 17.5. The van der Waals surface area contributed by atoms with Crippen LogP contribution in [0.25, 0.3) is 0 Å². The molecule has 0 fully saturated rings. The molecule has 1 aliphatic heterocycles. The van der Waals surface area contributed by atoms with E-state index < -0.39 is 29.4 Å². The van der Waals surface area contributed by atoms with Crippen molar-refractivity contribution in [3.8, 4) is 6.07 Å². The summed E-state index contributed by atoms with van der Waals surface area (Å²) in [7, 11) is 0. The topological polar surface area (TPSA) is 124 Å². The van der Waals surface area contributed by atoms with Gasteiger partial charge in [0, 0.05) is 5.69 Å². The molecule has 2 rings (SSSR count). The number of anilines is 1. The summed E-state index contributed by atoms with van der Waals surface area (Å²) in [5.41, 5.74) is 5.25. The Labute approximate surface area is 174 Å². The number of rotatable bonds is 4. The molecule has 1 aromatic carbocycles. The molecule has 1 heterocycles. The maximum Gasteiger partial charge on any atom is 0.412 e. The number of ether oxygens (including phenoxy) is 3. The lowest BCUT2D eigenvalue weighted by Gasteiger charge is -2.28.